The Morgan fingerprint density at radius 2 is 1.69 bits per heavy atom. The maximum Gasteiger partial charge on any atom is 0.310 e. The number of carboxylic acid groups (broad SMARTS) is 1. The largest absolute Gasteiger partial charge is 0.481 e. The van der Waals surface area contributed by atoms with Crippen molar-refractivity contribution in [2.45, 2.75) is 57.3 Å². The zero-order valence-electron chi connectivity index (χ0n) is 15.2. The summed E-state index contributed by atoms with van der Waals surface area (Å²) in [4.78, 5) is 11.3. The molecule has 1 unspecified atom stereocenters. The standard InChI is InChI=1S/C22H28ClFO2/c1-2-19(22(25)26)17-9-7-15(8-10-17)14-3-5-16(6-4-14)18-11-12-20(23)21(24)13-18/h2,11-17,19H,1,3-10H2,(H,25,26)/t14-,15?,16-,17?,19?. The third-order valence-corrected chi connectivity index (χ3v) is 7.02. The van der Waals surface area contributed by atoms with E-state index in [1.54, 1.807) is 18.2 Å². The lowest BCUT2D eigenvalue weighted by atomic mass is 9.67. The average molecular weight is 379 g/mol. The first-order valence-electron chi connectivity index (χ1n) is 9.80. The van der Waals surface area contributed by atoms with Gasteiger partial charge in [-0.3, -0.25) is 4.79 Å². The normalized spacial score (nSPS) is 30.5. The molecule has 0 saturated heterocycles. The Balaban J connectivity index is 1.50. The molecular formula is C22H28ClFO2. The van der Waals surface area contributed by atoms with Gasteiger partial charge in [-0.1, -0.05) is 23.7 Å². The molecule has 2 fully saturated rings. The van der Waals surface area contributed by atoms with Crippen molar-refractivity contribution >= 4 is 17.6 Å². The van der Waals surface area contributed by atoms with E-state index in [-0.39, 0.29) is 16.8 Å². The Bertz CT molecular complexity index is 644. The Kier molecular flexibility index (Phi) is 6.39. The van der Waals surface area contributed by atoms with Crippen molar-refractivity contribution in [1.29, 1.82) is 0 Å². The van der Waals surface area contributed by atoms with E-state index in [1.807, 2.05) is 6.07 Å². The van der Waals surface area contributed by atoms with Crippen LogP contribution >= 0.6 is 11.6 Å². The summed E-state index contributed by atoms with van der Waals surface area (Å²) in [6.07, 6.45) is 10.4. The van der Waals surface area contributed by atoms with Gasteiger partial charge in [-0.2, -0.15) is 0 Å². The predicted molar refractivity (Wildman–Crippen MR) is 103 cm³/mol. The minimum atomic E-state index is -0.737. The lowest BCUT2D eigenvalue weighted by Gasteiger charge is -2.38. The summed E-state index contributed by atoms with van der Waals surface area (Å²) in [5.41, 5.74) is 1.07. The molecule has 0 bridgehead atoms. The zero-order chi connectivity index (χ0) is 18.7. The van der Waals surface area contributed by atoms with Gasteiger partial charge in [0.2, 0.25) is 0 Å². The van der Waals surface area contributed by atoms with Gasteiger partial charge in [-0.25, -0.2) is 4.39 Å². The number of carboxylic acids is 1. The van der Waals surface area contributed by atoms with Crippen LogP contribution < -0.4 is 0 Å². The molecule has 142 valence electrons. The van der Waals surface area contributed by atoms with Crippen molar-refractivity contribution in [1.82, 2.24) is 0 Å². The molecule has 0 aromatic heterocycles. The fourth-order valence-electron chi connectivity index (χ4n) is 5.16. The van der Waals surface area contributed by atoms with E-state index in [0.29, 0.717) is 11.8 Å². The molecular weight excluding hydrogens is 351 g/mol. The van der Waals surface area contributed by atoms with Gasteiger partial charge in [-0.15, -0.1) is 6.58 Å². The molecule has 1 N–H and O–H groups in total. The first kappa shape index (κ1) is 19.4. The number of benzene rings is 1. The van der Waals surface area contributed by atoms with Gasteiger partial charge >= 0.3 is 5.97 Å². The van der Waals surface area contributed by atoms with Gasteiger partial charge in [0.15, 0.2) is 0 Å². The van der Waals surface area contributed by atoms with Crippen LogP contribution in [0.25, 0.3) is 0 Å². The van der Waals surface area contributed by atoms with Gasteiger partial charge in [0.05, 0.1) is 10.9 Å². The number of hydrogen-bond acceptors (Lipinski definition) is 1. The van der Waals surface area contributed by atoms with Crippen LogP contribution in [-0.4, -0.2) is 11.1 Å². The SMILES string of the molecule is C=CC(C(=O)O)C1CCC([C@H]2CC[C@H](c3ccc(Cl)c(F)c3)CC2)CC1. The van der Waals surface area contributed by atoms with Crippen molar-refractivity contribution in [2.75, 3.05) is 0 Å². The van der Waals surface area contributed by atoms with Gasteiger partial charge in [0, 0.05) is 0 Å². The van der Waals surface area contributed by atoms with Gasteiger partial charge in [0.25, 0.3) is 0 Å². The molecule has 1 aromatic rings. The lowest BCUT2D eigenvalue weighted by molar-refractivity contribution is -0.142. The van der Waals surface area contributed by atoms with Crippen molar-refractivity contribution in [2.24, 2.45) is 23.7 Å². The topological polar surface area (TPSA) is 37.3 Å². The first-order chi connectivity index (χ1) is 12.5. The van der Waals surface area contributed by atoms with E-state index >= 15 is 0 Å². The molecule has 2 saturated carbocycles. The van der Waals surface area contributed by atoms with E-state index in [0.717, 1.165) is 50.0 Å². The van der Waals surface area contributed by atoms with Gasteiger partial charge in [0.1, 0.15) is 5.82 Å². The van der Waals surface area contributed by atoms with Crippen molar-refractivity contribution in [3.63, 3.8) is 0 Å². The third-order valence-electron chi connectivity index (χ3n) is 6.72. The van der Waals surface area contributed by atoms with Crippen LogP contribution in [0.5, 0.6) is 0 Å². The number of halogens is 2. The Labute approximate surface area is 160 Å². The third kappa shape index (κ3) is 4.31. The Morgan fingerprint density at radius 1 is 1.12 bits per heavy atom. The molecule has 1 aromatic carbocycles. The van der Waals surface area contributed by atoms with Crippen LogP contribution in [-0.2, 0) is 4.79 Å². The van der Waals surface area contributed by atoms with Gasteiger partial charge in [-0.05, 0) is 92.7 Å². The Hall–Kier alpha value is -1.35. The molecule has 1 atom stereocenters. The maximum atomic E-state index is 13.7. The minimum absolute atomic E-state index is 0.193. The number of aliphatic carboxylic acids is 1. The van der Waals surface area contributed by atoms with Crippen LogP contribution in [0.3, 0.4) is 0 Å². The molecule has 0 amide bonds. The number of hydrogen-bond donors (Lipinski definition) is 1. The molecule has 4 heteroatoms. The van der Waals surface area contributed by atoms with Crippen LogP contribution in [0, 0.1) is 29.5 Å². The van der Waals surface area contributed by atoms with E-state index < -0.39 is 11.9 Å². The highest BCUT2D eigenvalue weighted by molar-refractivity contribution is 6.30. The molecule has 3 rings (SSSR count). The van der Waals surface area contributed by atoms with Crippen LogP contribution in [0.4, 0.5) is 4.39 Å². The predicted octanol–water partition coefficient (Wildman–Crippen LogP) is 6.45. The number of carbonyl (C=O) groups is 1. The van der Waals surface area contributed by atoms with Gasteiger partial charge < -0.3 is 5.11 Å². The van der Waals surface area contributed by atoms with Crippen LogP contribution in [0.2, 0.25) is 5.02 Å². The molecule has 2 aliphatic rings. The highest BCUT2D eigenvalue weighted by Crippen LogP contribution is 2.45. The second-order valence-corrected chi connectivity index (χ2v) is 8.47. The molecule has 0 spiro atoms. The molecule has 2 aliphatic carbocycles. The first-order valence-corrected chi connectivity index (χ1v) is 10.2. The summed E-state index contributed by atoms with van der Waals surface area (Å²) in [7, 11) is 0. The quantitative estimate of drug-likeness (QED) is 0.598. The Morgan fingerprint density at radius 3 is 2.19 bits per heavy atom. The summed E-state index contributed by atoms with van der Waals surface area (Å²) in [5.74, 6) is 0.677. The fraction of sp³-hybridized carbons (Fsp3) is 0.591. The zero-order valence-corrected chi connectivity index (χ0v) is 15.9. The highest BCUT2D eigenvalue weighted by Gasteiger charge is 2.34. The van der Waals surface area contributed by atoms with E-state index in [4.69, 9.17) is 11.6 Å². The number of rotatable bonds is 5. The average Bonchev–Trinajstić information content (AvgIpc) is 2.65. The molecule has 26 heavy (non-hydrogen) atoms. The van der Waals surface area contributed by atoms with Crippen molar-refractivity contribution in [3.8, 4) is 0 Å². The van der Waals surface area contributed by atoms with Crippen LogP contribution in [0.15, 0.2) is 30.9 Å². The fourth-order valence-corrected chi connectivity index (χ4v) is 5.28. The lowest BCUT2D eigenvalue weighted by Crippen LogP contribution is -2.30. The second-order valence-electron chi connectivity index (χ2n) is 8.06. The minimum Gasteiger partial charge on any atom is -0.481 e. The smallest absolute Gasteiger partial charge is 0.310 e. The van der Waals surface area contributed by atoms with E-state index in [2.05, 4.69) is 6.58 Å². The monoisotopic (exact) mass is 378 g/mol. The van der Waals surface area contributed by atoms with E-state index in [9.17, 15) is 14.3 Å². The summed E-state index contributed by atoms with van der Waals surface area (Å²) in [6, 6.07) is 5.22. The summed E-state index contributed by atoms with van der Waals surface area (Å²) in [6.45, 7) is 3.70. The van der Waals surface area contributed by atoms with Crippen molar-refractivity contribution in [3.05, 3.63) is 47.3 Å². The summed E-state index contributed by atoms with van der Waals surface area (Å²) in [5, 5.41) is 9.50. The van der Waals surface area contributed by atoms with Crippen LogP contribution in [0.1, 0.15) is 62.8 Å². The molecule has 2 nitrogen and oxygen atoms in total. The molecule has 0 aliphatic heterocycles. The maximum absolute atomic E-state index is 13.7. The summed E-state index contributed by atoms with van der Waals surface area (Å²) < 4.78 is 13.7. The van der Waals surface area contributed by atoms with E-state index in [1.165, 1.54) is 12.8 Å². The molecule has 0 heterocycles. The second kappa shape index (κ2) is 8.56. The van der Waals surface area contributed by atoms with Crippen molar-refractivity contribution < 1.29 is 14.3 Å². The summed E-state index contributed by atoms with van der Waals surface area (Å²) >= 11 is 5.79. The molecule has 0 radical (unpaired) electrons. The highest BCUT2D eigenvalue weighted by atomic mass is 35.5.